The molecular formula is C21H17N3O4. The average molecular weight is 375 g/mol. The van der Waals surface area contributed by atoms with Gasteiger partial charge in [0.15, 0.2) is 17.3 Å². The van der Waals surface area contributed by atoms with Crippen molar-refractivity contribution in [2.45, 2.75) is 0 Å². The molecule has 140 valence electrons. The van der Waals surface area contributed by atoms with Gasteiger partial charge in [-0.3, -0.25) is 14.6 Å². The second-order valence-electron chi connectivity index (χ2n) is 6.21. The van der Waals surface area contributed by atoms with Gasteiger partial charge >= 0.3 is 0 Å². The molecule has 0 aliphatic rings. The molecule has 0 aliphatic carbocycles. The van der Waals surface area contributed by atoms with Crippen LogP contribution in [0.2, 0.25) is 0 Å². The second kappa shape index (κ2) is 6.70. The summed E-state index contributed by atoms with van der Waals surface area (Å²) in [5.74, 6) is 0.673. The van der Waals surface area contributed by atoms with Gasteiger partial charge < -0.3 is 20.2 Å². The molecule has 28 heavy (non-hydrogen) atoms. The van der Waals surface area contributed by atoms with Crippen LogP contribution in [0.5, 0.6) is 11.5 Å². The molecule has 0 saturated carbocycles. The summed E-state index contributed by atoms with van der Waals surface area (Å²) in [6.45, 7) is 0. The van der Waals surface area contributed by atoms with E-state index in [1.54, 1.807) is 36.4 Å². The number of benzene rings is 2. The van der Waals surface area contributed by atoms with Crippen molar-refractivity contribution in [2.75, 3.05) is 20.0 Å². The Labute approximate surface area is 159 Å². The van der Waals surface area contributed by atoms with Gasteiger partial charge in [-0.1, -0.05) is 30.3 Å². The molecule has 3 N–H and O–H groups in total. The fraction of sp³-hybridized carbons (Fsp3) is 0.0952. The lowest BCUT2D eigenvalue weighted by Gasteiger charge is -2.13. The molecular weight excluding hydrogens is 358 g/mol. The first-order valence-electron chi connectivity index (χ1n) is 8.51. The third-order valence-electron chi connectivity index (χ3n) is 4.65. The second-order valence-corrected chi connectivity index (χ2v) is 6.21. The number of hydrogen-bond acceptors (Lipinski definition) is 6. The van der Waals surface area contributed by atoms with Gasteiger partial charge in [-0.05, 0) is 6.07 Å². The van der Waals surface area contributed by atoms with Crippen LogP contribution in [0.15, 0.2) is 53.5 Å². The van der Waals surface area contributed by atoms with Crippen molar-refractivity contribution in [3.8, 4) is 11.5 Å². The quantitative estimate of drug-likeness (QED) is 0.419. The molecule has 0 saturated heterocycles. The van der Waals surface area contributed by atoms with E-state index in [-0.39, 0.29) is 22.6 Å². The highest BCUT2D eigenvalue weighted by Crippen LogP contribution is 2.36. The Balaban J connectivity index is 2.16. The zero-order valence-electron chi connectivity index (χ0n) is 15.3. The number of aromatic amines is 1. The summed E-state index contributed by atoms with van der Waals surface area (Å²) in [6, 6.07) is 12.2. The van der Waals surface area contributed by atoms with Crippen LogP contribution in [-0.4, -0.2) is 30.0 Å². The van der Waals surface area contributed by atoms with Crippen molar-refractivity contribution in [1.29, 1.82) is 0 Å². The van der Waals surface area contributed by atoms with Crippen LogP contribution in [0, 0.1) is 0 Å². The average Bonchev–Trinajstić information content (AvgIpc) is 2.72. The van der Waals surface area contributed by atoms with Crippen molar-refractivity contribution in [3.63, 3.8) is 0 Å². The SMILES string of the molecule is COc1cc2ncc3c(=O)[nH]c(N)c(C(=O)c4ccccc4)c3c2cc1OC. The van der Waals surface area contributed by atoms with Crippen LogP contribution in [0.1, 0.15) is 15.9 Å². The molecule has 0 amide bonds. The number of carbonyl (C=O) groups excluding carboxylic acids is 1. The zero-order chi connectivity index (χ0) is 19.8. The van der Waals surface area contributed by atoms with Crippen LogP contribution in [-0.2, 0) is 0 Å². The monoisotopic (exact) mass is 375 g/mol. The lowest BCUT2D eigenvalue weighted by Crippen LogP contribution is -2.16. The largest absolute Gasteiger partial charge is 0.493 e. The highest BCUT2D eigenvalue weighted by atomic mass is 16.5. The maximum Gasteiger partial charge on any atom is 0.258 e. The predicted octanol–water partition coefficient (Wildman–Crippen LogP) is 2.91. The molecule has 0 spiro atoms. The van der Waals surface area contributed by atoms with Gasteiger partial charge in [-0.2, -0.15) is 0 Å². The molecule has 0 radical (unpaired) electrons. The van der Waals surface area contributed by atoms with Gasteiger partial charge in [0, 0.05) is 28.6 Å². The summed E-state index contributed by atoms with van der Waals surface area (Å²) in [4.78, 5) is 32.6. The van der Waals surface area contributed by atoms with Gasteiger partial charge in [-0.15, -0.1) is 0 Å². The molecule has 4 aromatic rings. The number of anilines is 1. The van der Waals surface area contributed by atoms with E-state index in [0.717, 1.165) is 0 Å². The molecule has 2 heterocycles. The van der Waals surface area contributed by atoms with Crippen molar-refractivity contribution >= 4 is 33.3 Å². The molecule has 0 atom stereocenters. The van der Waals surface area contributed by atoms with Crippen molar-refractivity contribution in [1.82, 2.24) is 9.97 Å². The molecule has 2 aromatic heterocycles. The van der Waals surface area contributed by atoms with Gasteiger partial charge in [0.1, 0.15) is 5.82 Å². The lowest BCUT2D eigenvalue weighted by atomic mass is 9.96. The highest BCUT2D eigenvalue weighted by molar-refractivity contribution is 6.24. The number of pyridine rings is 2. The Hall–Kier alpha value is -3.87. The minimum absolute atomic E-state index is 0.00800. The number of fused-ring (bicyclic) bond motifs is 3. The zero-order valence-corrected chi connectivity index (χ0v) is 15.3. The summed E-state index contributed by atoms with van der Waals surface area (Å²) >= 11 is 0. The fourth-order valence-electron chi connectivity index (χ4n) is 3.32. The number of rotatable bonds is 4. The maximum atomic E-state index is 13.2. The topological polar surface area (TPSA) is 107 Å². The van der Waals surface area contributed by atoms with Crippen LogP contribution >= 0.6 is 0 Å². The van der Waals surface area contributed by atoms with Crippen molar-refractivity contribution in [2.24, 2.45) is 0 Å². The molecule has 0 bridgehead atoms. The van der Waals surface area contributed by atoms with Gasteiger partial charge in [-0.25, -0.2) is 0 Å². The summed E-state index contributed by atoms with van der Waals surface area (Å²) in [6.07, 6.45) is 1.43. The van der Waals surface area contributed by atoms with E-state index in [4.69, 9.17) is 15.2 Å². The van der Waals surface area contributed by atoms with Gasteiger partial charge in [0.25, 0.3) is 5.56 Å². The first-order valence-corrected chi connectivity index (χ1v) is 8.51. The van der Waals surface area contributed by atoms with E-state index in [9.17, 15) is 9.59 Å². The summed E-state index contributed by atoms with van der Waals surface area (Å²) in [5.41, 5.74) is 6.92. The third kappa shape index (κ3) is 2.64. The third-order valence-corrected chi connectivity index (χ3v) is 4.65. The Morgan fingerprint density at radius 2 is 1.71 bits per heavy atom. The number of nitrogen functional groups attached to an aromatic ring is 1. The standard InChI is InChI=1S/C21H17N3O4/c1-27-15-8-12-14(9-16(15)28-2)23-10-13-17(12)18(20(22)24-21(13)26)19(25)11-6-4-3-5-7-11/h3-10H,1-2H3,(H3,22,24,26). The number of ketones is 1. The molecule has 4 rings (SSSR count). The van der Waals surface area contributed by atoms with Gasteiger partial charge in [0.05, 0.1) is 30.7 Å². The van der Waals surface area contributed by atoms with E-state index in [0.29, 0.717) is 33.4 Å². The Kier molecular flexibility index (Phi) is 4.19. The first kappa shape index (κ1) is 17.5. The number of H-pyrrole nitrogens is 1. The molecule has 0 unspecified atom stereocenters. The minimum atomic E-state index is -0.415. The maximum absolute atomic E-state index is 13.2. The number of aromatic nitrogens is 2. The smallest absolute Gasteiger partial charge is 0.258 e. The predicted molar refractivity (Wildman–Crippen MR) is 107 cm³/mol. The number of ether oxygens (including phenoxy) is 2. The Bertz CT molecular complexity index is 1280. The number of methoxy groups -OCH3 is 2. The van der Waals surface area contributed by atoms with Crippen LogP contribution in [0.25, 0.3) is 21.7 Å². The minimum Gasteiger partial charge on any atom is -0.493 e. The molecule has 2 aromatic carbocycles. The Morgan fingerprint density at radius 1 is 1.04 bits per heavy atom. The molecule has 7 heteroatoms. The normalized spacial score (nSPS) is 10.9. The van der Waals surface area contributed by atoms with E-state index in [2.05, 4.69) is 9.97 Å². The van der Waals surface area contributed by atoms with Crippen molar-refractivity contribution in [3.05, 3.63) is 70.1 Å². The van der Waals surface area contributed by atoms with Gasteiger partial charge in [0.2, 0.25) is 0 Å². The van der Waals surface area contributed by atoms with E-state index in [1.165, 1.54) is 20.4 Å². The highest BCUT2D eigenvalue weighted by Gasteiger charge is 2.21. The molecule has 0 fully saturated rings. The fourth-order valence-corrected chi connectivity index (χ4v) is 3.32. The number of nitrogens with zero attached hydrogens (tertiary/aromatic N) is 1. The number of nitrogens with one attached hydrogen (secondary N) is 1. The summed E-state index contributed by atoms with van der Waals surface area (Å²) < 4.78 is 10.7. The van der Waals surface area contributed by atoms with E-state index < -0.39 is 5.56 Å². The van der Waals surface area contributed by atoms with E-state index in [1.807, 2.05) is 6.07 Å². The number of nitrogens with two attached hydrogens (primary N) is 1. The summed E-state index contributed by atoms with van der Waals surface area (Å²) in [7, 11) is 3.04. The number of carbonyl (C=O) groups is 1. The van der Waals surface area contributed by atoms with Crippen LogP contribution < -0.4 is 20.8 Å². The molecule has 0 aliphatic heterocycles. The Morgan fingerprint density at radius 3 is 2.39 bits per heavy atom. The molecule has 7 nitrogen and oxygen atoms in total. The van der Waals surface area contributed by atoms with Crippen molar-refractivity contribution < 1.29 is 14.3 Å². The van der Waals surface area contributed by atoms with E-state index >= 15 is 0 Å². The van der Waals surface area contributed by atoms with Crippen LogP contribution in [0.3, 0.4) is 0 Å². The van der Waals surface area contributed by atoms with Crippen LogP contribution in [0.4, 0.5) is 5.82 Å². The number of hydrogen-bond donors (Lipinski definition) is 2. The first-order chi connectivity index (χ1) is 13.5. The lowest BCUT2D eigenvalue weighted by molar-refractivity contribution is 0.104. The summed E-state index contributed by atoms with van der Waals surface area (Å²) in [5, 5.41) is 1.28.